The van der Waals surface area contributed by atoms with Gasteiger partial charge in [0.2, 0.25) is 0 Å². The number of carbonyl (C=O) groups is 1. The molecule has 0 unspecified atom stereocenters. The third kappa shape index (κ3) is 7.42. The van der Waals surface area contributed by atoms with E-state index in [0.29, 0.717) is 31.0 Å². The van der Waals surface area contributed by atoms with Crippen LogP contribution in [0.15, 0.2) is 72.8 Å². The van der Waals surface area contributed by atoms with Crippen LogP contribution in [0.1, 0.15) is 65.2 Å². The van der Waals surface area contributed by atoms with Crippen molar-refractivity contribution in [2.75, 3.05) is 18.4 Å². The second-order valence-electron chi connectivity index (χ2n) is 10.2. The first-order valence-electron chi connectivity index (χ1n) is 13.2. The van der Waals surface area contributed by atoms with Crippen molar-refractivity contribution in [3.63, 3.8) is 0 Å². The Bertz CT molecular complexity index is 1140. The minimum atomic E-state index is -0.733. The number of carbonyl (C=O) groups excluding carboxylic acids is 1. The van der Waals surface area contributed by atoms with E-state index < -0.39 is 12.1 Å². The first kappa shape index (κ1) is 25.9. The lowest BCUT2D eigenvalue weighted by Gasteiger charge is -2.25. The molecule has 1 aliphatic rings. The Labute approximate surface area is 215 Å². The van der Waals surface area contributed by atoms with Crippen molar-refractivity contribution >= 4 is 11.6 Å². The predicted molar refractivity (Wildman–Crippen MR) is 148 cm³/mol. The van der Waals surface area contributed by atoms with Crippen LogP contribution in [-0.4, -0.2) is 36.2 Å². The fraction of sp³-hybridized carbons (Fsp3) is 0.387. The van der Waals surface area contributed by atoms with Gasteiger partial charge in [-0.05, 0) is 72.1 Å². The minimum absolute atomic E-state index is 0.168. The Balaban J connectivity index is 1.49. The second kappa shape index (κ2) is 12.7. The number of aryl methyl sites for hydroxylation is 1. The topological polar surface area (TPSA) is 73.4 Å². The van der Waals surface area contributed by atoms with Crippen molar-refractivity contribution in [2.24, 2.45) is 0 Å². The van der Waals surface area contributed by atoms with Gasteiger partial charge in [0.25, 0.3) is 5.91 Å². The summed E-state index contributed by atoms with van der Waals surface area (Å²) >= 11 is 0. The lowest BCUT2D eigenvalue weighted by atomic mass is 9.97. The van der Waals surface area contributed by atoms with Gasteiger partial charge in [0.05, 0.1) is 12.1 Å². The monoisotopic (exact) mass is 485 g/mol. The number of aliphatic hydroxyl groups is 1. The first-order valence-corrected chi connectivity index (χ1v) is 13.2. The fourth-order valence-corrected chi connectivity index (χ4v) is 4.73. The van der Waals surface area contributed by atoms with E-state index in [1.54, 1.807) is 0 Å². The summed E-state index contributed by atoms with van der Waals surface area (Å²) in [4.78, 5) is 13.2. The molecule has 2 atom stereocenters. The average molecular weight is 486 g/mol. The number of anilines is 1. The highest BCUT2D eigenvalue weighted by Gasteiger charge is 2.23. The molecule has 0 saturated carbocycles. The lowest BCUT2D eigenvalue weighted by Crippen LogP contribution is -2.48. The standard InChI is InChI=1S/C31H39N3O2/c1-22(2)26-12-6-11-25(17-26)20-32-21-30(35)29-18-24-10-5-9-23(16-24)8-3-4-15-33-28-14-7-13-27(19-28)31(36)34-29/h5-7,9-14,16-17,19,22,29-30,32-33,35H,3-4,8,15,18,20-21H2,1-2H3,(H,34,36)/t29-,30+/m0/s1. The van der Waals surface area contributed by atoms with Gasteiger partial charge >= 0.3 is 0 Å². The Morgan fingerprint density at radius 3 is 2.64 bits per heavy atom. The van der Waals surface area contributed by atoms with Crippen molar-refractivity contribution in [1.82, 2.24) is 10.6 Å². The number of hydrogen-bond acceptors (Lipinski definition) is 4. The maximum absolute atomic E-state index is 13.2. The SMILES string of the molecule is CC(C)c1cccc(CNC[C@@H](O)[C@@H]2Cc3cccc(c3)CCCCNc3cccc(c3)C(=O)N2)c1. The van der Waals surface area contributed by atoms with Crippen LogP contribution in [-0.2, 0) is 19.4 Å². The van der Waals surface area contributed by atoms with Crippen molar-refractivity contribution in [2.45, 2.75) is 64.1 Å². The van der Waals surface area contributed by atoms with Crippen LogP contribution < -0.4 is 16.0 Å². The molecule has 36 heavy (non-hydrogen) atoms. The molecule has 4 bridgehead atoms. The van der Waals surface area contributed by atoms with Crippen LogP contribution in [0.25, 0.3) is 0 Å². The zero-order chi connectivity index (χ0) is 25.3. The number of rotatable bonds is 6. The summed E-state index contributed by atoms with van der Waals surface area (Å²) in [5.74, 6) is 0.308. The Kier molecular flexibility index (Phi) is 9.15. The highest BCUT2D eigenvalue weighted by molar-refractivity contribution is 5.95. The van der Waals surface area contributed by atoms with E-state index >= 15 is 0 Å². The Morgan fingerprint density at radius 2 is 1.78 bits per heavy atom. The quantitative estimate of drug-likeness (QED) is 0.394. The van der Waals surface area contributed by atoms with Crippen LogP contribution in [0.4, 0.5) is 5.69 Å². The highest BCUT2D eigenvalue weighted by Crippen LogP contribution is 2.17. The molecule has 0 aromatic heterocycles. The number of nitrogens with one attached hydrogen (secondary N) is 3. The van der Waals surface area contributed by atoms with Crippen LogP contribution in [0.3, 0.4) is 0 Å². The molecule has 0 saturated heterocycles. The van der Waals surface area contributed by atoms with Gasteiger partial charge in [0.15, 0.2) is 0 Å². The molecule has 1 heterocycles. The number of amides is 1. The molecule has 5 heteroatoms. The molecular formula is C31H39N3O2. The van der Waals surface area contributed by atoms with E-state index in [1.807, 2.05) is 24.3 Å². The van der Waals surface area contributed by atoms with Crippen molar-refractivity contribution in [1.29, 1.82) is 0 Å². The number of aliphatic hydroxyl groups excluding tert-OH is 1. The van der Waals surface area contributed by atoms with Gasteiger partial charge in [-0.2, -0.15) is 0 Å². The van der Waals surface area contributed by atoms with Gasteiger partial charge in [0, 0.05) is 30.9 Å². The van der Waals surface area contributed by atoms with Crippen LogP contribution >= 0.6 is 0 Å². The van der Waals surface area contributed by atoms with Crippen LogP contribution in [0, 0.1) is 0 Å². The van der Waals surface area contributed by atoms with Gasteiger partial charge in [-0.25, -0.2) is 0 Å². The Morgan fingerprint density at radius 1 is 0.972 bits per heavy atom. The molecule has 5 nitrogen and oxygen atoms in total. The predicted octanol–water partition coefficient (Wildman–Crippen LogP) is 5.05. The van der Waals surface area contributed by atoms with E-state index in [1.165, 1.54) is 16.7 Å². The van der Waals surface area contributed by atoms with Crippen molar-refractivity contribution in [3.05, 3.63) is 101 Å². The summed E-state index contributed by atoms with van der Waals surface area (Å²) in [6, 6.07) is 24.3. The highest BCUT2D eigenvalue weighted by atomic mass is 16.3. The van der Waals surface area contributed by atoms with Gasteiger partial charge in [0.1, 0.15) is 0 Å². The third-order valence-electron chi connectivity index (χ3n) is 6.87. The van der Waals surface area contributed by atoms with E-state index in [4.69, 9.17) is 0 Å². The Hall–Kier alpha value is -3.15. The summed E-state index contributed by atoms with van der Waals surface area (Å²) in [6.07, 6.45) is 3.02. The summed E-state index contributed by atoms with van der Waals surface area (Å²) in [5, 5.41) is 21.1. The van der Waals surface area contributed by atoms with Crippen molar-refractivity contribution < 1.29 is 9.90 Å². The smallest absolute Gasteiger partial charge is 0.251 e. The normalized spacial score (nSPS) is 17.4. The summed E-state index contributed by atoms with van der Waals surface area (Å²) in [5.41, 5.74) is 6.46. The van der Waals surface area contributed by atoms with Crippen LogP contribution in [0.2, 0.25) is 0 Å². The zero-order valence-corrected chi connectivity index (χ0v) is 21.5. The molecule has 3 aromatic rings. The summed E-state index contributed by atoms with van der Waals surface area (Å²) in [7, 11) is 0. The largest absolute Gasteiger partial charge is 0.390 e. The summed E-state index contributed by atoms with van der Waals surface area (Å²) in [6.45, 7) is 6.31. The molecule has 1 amide bonds. The zero-order valence-electron chi connectivity index (χ0n) is 21.5. The lowest BCUT2D eigenvalue weighted by molar-refractivity contribution is 0.0830. The fourth-order valence-electron chi connectivity index (χ4n) is 4.73. The molecule has 0 spiro atoms. The van der Waals surface area contributed by atoms with Crippen molar-refractivity contribution in [3.8, 4) is 0 Å². The first-order chi connectivity index (χ1) is 17.5. The number of benzene rings is 3. The molecule has 3 aromatic carbocycles. The minimum Gasteiger partial charge on any atom is -0.390 e. The van der Waals surface area contributed by atoms with E-state index in [9.17, 15) is 9.90 Å². The van der Waals surface area contributed by atoms with Gasteiger partial charge in [-0.3, -0.25) is 4.79 Å². The molecule has 190 valence electrons. The van der Waals surface area contributed by atoms with E-state index in [2.05, 4.69) is 78.3 Å². The molecule has 0 aliphatic carbocycles. The molecule has 0 fully saturated rings. The average Bonchev–Trinajstić information content (AvgIpc) is 2.88. The van der Waals surface area contributed by atoms with Crippen LogP contribution in [0.5, 0.6) is 0 Å². The van der Waals surface area contributed by atoms with Gasteiger partial charge in [-0.15, -0.1) is 0 Å². The van der Waals surface area contributed by atoms with E-state index in [0.717, 1.165) is 37.1 Å². The summed E-state index contributed by atoms with van der Waals surface area (Å²) < 4.78 is 0. The molecule has 4 rings (SSSR count). The van der Waals surface area contributed by atoms with E-state index in [-0.39, 0.29) is 5.91 Å². The van der Waals surface area contributed by atoms with Gasteiger partial charge in [-0.1, -0.05) is 68.4 Å². The van der Waals surface area contributed by atoms with Gasteiger partial charge < -0.3 is 21.1 Å². The molecule has 0 radical (unpaired) electrons. The number of hydrogen-bond donors (Lipinski definition) is 4. The second-order valence-corrected chi connectivity index (χ2v) is 10.2. The maximum Gasteiger partial charge on any atom is 0.251 e. The molecule has 4 N–H and O–H groups in total. The molecular weight excluding hydrogens is 446 g/mol. The third-order valence-corrected chi connectivity index (χ3v) is 6.87. The maximum atomic E-state index is 13.2. The molecule has 1 aliphatic heterocycles. The number of fused-ring (bicyclic) bond motifs is 4.